The van der Waals surface area contributed by atoms with Gasteiger partial charge in [0.2, 0.25) is 0 Å². The molecule has 22 heavy (non-hydrogen) atoms. The number of fused-ring (bicyclic) bond motifs is 1. The number of nitrogens with one attached hydrogen (secondary N) is 1. The smallest absolute Gasteiger partial charge is 0.251 e. The molecule has 4 N–H and O–H groups in total. The number of rotatable bonds is 4. The van der Waals surface area contributed by atoms with Crippen molar-refractivity contribution in [2.24, 2.45) is 0 Å². The summed E-state index contributed by atoms with van der Waals surface area (Å²) in [7, 11) is 0. The van der Waals surface area contributed by atoms with Crippen molar-refractivity contribution in [3.63, 3.8) is 0 Å². The van der Waals surface area contributed by atoms with E-state index >= 15 is 0 Å². The summed E-state index contributed by atoms with van der Waals surface area (Å²) in [6.45, 7) is 2.08. The first kappa shape index (κ1) is 15.0. The first-order chi connectivity index (χ1) is 10.5. The van der Waals surface area contributed by atoms with Crippen molar-refractivity contribution in [1.29, 1.82) is 0 Å². The molecule has 0 saturated carbocycles. The largest absolute Gasteiger partial charge is 0.386 e. The molecule has 1 aromatic carbocycles. The summed E-state index contributed by atoms with van der Waals surface area (Å²) in [6.07, 6.45) is -0.687. The normalized spacial score (nSPS) is 12.5. The quantitative estimate of drug-likeness (QED) is 0.685. The fourth-order valence-electron chi connectivity index (χ4n) is 2.22. The number of nitrogens with two attached hydrogens (primary N) is 1. The van der Waals surface area contributed by atoms with E-state index in [1.807, 2.05) is 24.4 Å². The number of aliphatic hydroxyl groups excluding tert-OH is 1. The maximum atomic E-state index is 12.3. The van der Waals surface area contributed by atoms with E-state index in [0.29, 0.717) is 10.7 Å². The highest BCUT2D eigenvalue weighted by atomic mass is 32.1. The molecule has 0 saturated heterocycles. The Labute approximate surface area is 135 Å². The number of nitrogens with zero attached hydrogens (tertiary/aromatic N) is 1. The number of hydrogen-bond acceptors (Lipinski definition) is 6. The maximum Gasteiger partial charge on any atom is 0.251 e. The molecule has 2 aromatic heterocycles. The Morgan fingerprint density at radius 1 is 1.50 bits per heavy atom. The van der Waals surface area contributed by atoms with Crippen molar-refractivity contribution in [2.45, 2.75) is 13.0 Å². The SMILES string of the molecule is Cc1cc(C(=O)NC[C@@H](O)c2cccs2)cc2sc(N)nc12. The molecule has 2 heterocycles. The van der Waals surface area contributed by atoms with Crippen LogP contribution in [0.1, 0.15) is 26.9 Å². The lowest BCUT2D eigenvalue weighted by atomic mass is 10.1. The highest BCUT2D eigenvalue weighted by Crippen LogP contribution is 2.27. The Morgan fingerprint density at radius 2 is 2.32 bits per heavy atom. The van der Waals surface area contributed by atoms with Gasteiger partial charge in [-0.25, -0.2) is 4.98 Å². The fourth-order valence-corrected chi connectivity index (χ4v) is 3.78. The van der Waals surface area contributed by atoms with Crippen LogP contribution in [0, 0.1) is 6.92 Å². The number of hydrogen-bond donors (Lipinski definition) is 3. The van der Waals surface area contributed by atoms with Crippen LogP contribution in [0.5, 0.6) is 0 Å². The van der Waals surface area contributed by atoms with E-state index in [2.05, 4.69) is 10.3 Å². The Hall–Kier alpha value is -1.96. The number of amides is 1. The third-order valence-electron chi connectivity index (χ3n) is 3.29. The number of thiazole rings is 1. The minimum Gasteiger partial charge on any atom is -0.386 e. The second-order valence-corrected chi connectivity index (χ2v) is 6.97. The molecule has 0 fully saturated rings. The Morgan fingerprint density at radius 3 is 3.05 bits per heavy atom. The molecule has 3 rings (SSSR count). The van der Waals surface area contributed by atoms with Gasteiger partial charge in [0.25, 0.3) is 5.91 Å². The fraction of sp³-hybridized carbons (Fsp3) is 0.200. The van der Waals surface area contributed by atoms with Gasteiger partial charge in [-0.3, -0.25) is 4.79 Å². The van der Waals surface area contributed by atoms with Crippen LogP contribution < -0.4 is 11.1 Å². The first-order valence-electron chi connectivity index (χ1n) is 6.71. The van der Waals surface area contributed by atoms with Gasteiger partial charge in [-0.05, 0) is 36.1 Å². The average molecular weight is 333 g/mol. The molecule has 114 valence electrons. The van der Waals surface area contributed by atoms with Crippen molar-refractivity contribution >= 4 is 43.9 Å². The van der Waals surface area contributed by atoms with Crippen LogP contribution >= 0.6 is 22.7 Å². The molecular formula is C15H15N3O2S2. The standard InChI is InChI=1S/C15H15N3O2S2/c1-8-5-9(6-12-13(8)18-15(16)22-12)14(20)17-7-10(19)11-3-2-4-21-11/h2-6,10,19H,7H2,1H3,(H2,16,18)(H,17,20)/t10-/m1/s1. The van der Waals surface area contributed by atoms with Gasteiger partial charge >= 0.3 is 0 Å². The van der Waals surface area contributed by atoms with Gasteiger partial charge in [0.05, 0.1) is 10.2 Å². The molecule has 3 aromatic rings. The van der Waals surface area contributed by atoms with Gasteiger partial charge in [-0.15, -0.1) is 11.3 Å². The third kappa shape index (κ3) is 2.96. The van der Waals surface area contributed by atoms with Crippen molar-refractivity contribution in [3.05, 3.63) is 45.6 Å². The molecular weight excluding hydrogens is 318 g/mol. The summed E-state index contributed by atoms with van der Waals surface area (Å²) < 4.78 is 0.890. The highest BCUT2D eigenvalue weighted by Gasteiger charge is 2.14. The lowest BCUT2D eigenvalue weighted by Crippen LogP contribution is -2.28. The molecule has 0 aliphatic rings. The zero-order chi connectivity index (χ0) is 15.7. The summed E-state index contributed by atoms with van der Waals surface area (Å²) >= 11 is 2.82. The van der Waals surface area contributed by atoms with Crippen LogP contribution in [0.4, 0.5) is 5.13 Å². The minimum atomic E-state index is -0.687. The summed E-state index contributed by atoms with van der Waals surface area (Å²) in [5, 5.41) is 15.1. The average Bonchev–Trinajstić information content (AvgIpc) is 3.13. The summed E-state index contributed by atoms with van der Waals surface area (Å²) in [5.74, 6) is -0.215. The molecule has 0 radical (unpaired) electrons. The number of benzene rings is 1. The van der Waals surface area contributed by atoms with Gasteiger partial charge < -0.3 is 16.2 Å². The second-order valence-electron chi connectivity index (χ2n) is 4.93. The number of aryl methyl sites for hydroxylation is 1. The van der Waals surface area contributed by atoms with Gasteiger partial charge in [-0.2, -0.15) is 0 Å². The lowest BCUT2D eigenvalue weighted by Gasteiger charge is -2.10. The van der Waals surface area contributed by atoms with Gasteiger partial charge in [0.15, 0.2) is 5.13 Å². The zero-order valence-electron chi connectivity index (χ0n) is 11.9. The van der Waals surface area contributed by atoms with Crippen molar-refractivity contribution in [3.8, 4) is 0 Å². The maximum absolute atomic E-state index is 12.3. The minimum absolute atomic E-state index is 0.182. The number of carbonyl (C=O) groups excluding carboxylic acids is 1. The van der Waals surface area contributed by atoms with E-state index in [-0.39, 0.29) is 12.5 Å². The first-order valence-corrected chi connectivity index (χ1v) is 8.40. The van der Waals surface area contributed by atoms with Gasteiger partial charge in [-0.1, -0.05) is 17.4 Å². The summed E-state index contributed by atoms with van der Waals surface area (Å²) in [6, 6.07) is 7.28. The molecule has 0 unspecified atom stereocenters. The van der Waals surface area contributed by atoms with Crippen LogP contribution in [0.2, 0.25) is 0 Å². The topological polar surface area (TPSA) is 88.2 Å². The molecule has 0 aliphatic carbocycles. The molecule has 7 heteroatoms. The monoisotopic (exact) mass is 333 g/mol. The Balaban J connectivity index is 1.74. The zero-order valence-corrected chi connectivity index (χ0v) is 13.5. The van der Waals surface area contributed by atoms with Crippen LogP contribution in [-0.2, 0) is 0 Å². The third-order valence-corrected chi connectivity index (χ3v) is 5.10. The van der Waals surface area contributed by atoms with Crippen molar-refractivity contribution in [2.75, 3.05) is 12.3 Å². The van der Waals surface area contributed by atoms with E-state index in [9.17, 15) is 9.90 Å². The van der Waals surface area contributed by atoms with Crippen LogP contribution in [0.3, 0.4) is 0 Å². The Kier molecular flexibility index (Phi) is 4.10. The second kappa shape index (κ2) is 6.04. The molecule has 1 atom stereocenters. The lowest BCUT2D eigenvalue weighted by molar-refractivity contribution is 0.0918. The predicted octanol–water partition coefficient (Wildman–Crippen LogP) is 2.71. The van der Waals surface area contributed by atoms with E-state index in [1.165, 1.54) is 22.7 Å². The van der Waals surface area contributed by atoms with Crippen LogP contribution in [0.15, 0.2) is 29.6 Å². The Bertz CT molecular complexity index is 812. The number of thiophene rings is 1. The molecule has 1 amide bonds. The van der Waals surface area contributed by atoms with E-state index < -0.39 is 6.10 Å². The number of aromatic nitrogens is 1. The van der Waals surface area contributed by atoms with E-state index in [4.69, 9.17) is 5.73 Å². The van der Waals surface area contributed by atoms with Crippen molar-refractivity contribution in [1.82, 2.24) is 10.3 Å². The number of carbonyl (C=O) groups is 1. The van der Waals surface area contributed by atoms with E-state index in [0.717, 1.165) is 20.7 Å². The molecule has 0 bridgehead atoms. The van der Waals surface area contributed by atoms with Gasteiger partial charge in [0, 0.05) is 17.0 Å². The van der Waals surface area contributed by atoms with Crippen molar-refractivity contribution < 1.29 is 9.90 Å². The molecule has 5 nitrogen and oxygen atoms in total. The number of nitrogen functional groups attached to an aromatic ring is 1. The number of anilines is 1. The van der Waals surface area contributed by atoms with Crippen LogP contribution in [-0.4, -0.2) is 22.5 Å². The van der Waals surface area contributed by atoms with E-state index in [1.54, 1.807) is 12.1 Å². The van der Waals surface area contributed by atoms with Gasteiger partial charge in [0.1, 0.15) is 6.10 Å². The summed E-state index contributed by atoms with van der Waals surface area (Å²) in [5.41, 5.74) is 8.00. The van der Waals surface area contributed by atoms with Crippen LogP contribution in [0.25, 0.3) is 10.2 Å². The molecule has 0 spiro atoms. The highest BCUT2D eigenvalue weighted by molar-refractivity contribution is 7.22. The summed E-state index contributed by atoms with van der Waals surface area (Å²) in [4.78, 5) is 17.3. The number of aliphatic hydroxyl groups is 1. The molecule has 0 aliphatic heterocycles. The predicted molar refractivity (Wildman–Crippen MR) is 90.4 cm³/mol.